The zero-order chi connectivity index (χ0) is 19.5. The van der Waals surface area contributed by atoms with Gasteiger partial charge < -0.3 is 14.2 Å². The summed E-state index contributed by atoms with van der Waals surface area (Å²) in [6, 6.07) is 15.7. The number of aromatic nitrogens is 1. The lowest BCUT2D eigenvalue weighted by Gasteiger charge is -2.36. The molecule has 0 spiro atoms. The van der Waals surface area contributed by atoms with Crippen molar-refractivity contribution < 1.29 is 4.42 Å². The zero-order valence-electron chi connectivity index (χ0n) is 15.9. The molecule has 0 amide bonds. The second-order valence-electron chi connectivity index (χ2n) is 7.08. The maximum absolute atomic E-state index is 11.5. The van der Waals surface area contributed by atoms with Gasteiger partial charge in [-0.1, -0.05) is 12.1 Å². The van der Waals surface area contributed by atoms with Crippen molar-refractivity contribution in [3.63, 3.8) is 0 Å². The Morgan fingerprint density at radius 1 is 1.18 bits per heavy atom. The van der Waals surface area contributed by atoms with Gasteiger partial charge in [0.05, 0.1) is 22.8 Å². The second-order valence-corrected chi connectivity index (χ2v) is 7.08. The van der Waals surface area contributed by atoms with Gasteiger partial charge in [0.1, 0.15) is 0 Å². The minimum atomic E-state index is -0.412. The number of piperazine rings is 1. The Bertz CT molecular complexity index is 1060. The number of fused-ring (bicyclic) bond motifs is 1. The van der Waals surface area contributed by atoms with Crippen LogP contribution >= 0.6 is 0 Å². The standard InChI is InChI=1S/C21H23N5O2/c1-24(17-5-2-4-16(14-17)15-22)8-9-25-10-12-26(13-11-25)19-7-3-6-18-20(19)28-21(27)23-18/h2-7,14H,8-13H2,1H3,(H,23,27). The lowest BCUT2D eigenvalue weighted by molar-refractivity contribution is 0.263. The predicted octanol–water partition coefficient (Wildman–Crippen LogP) is 2.25. The number of nitrogens with zero attached hydrogens (tertiary/aromatic N) is 4. The summed E-state index contributed by atoms with van der Waals surface area (Å²) in [6.45, 7) is 5.55. The molecule has 1 aliphatic rings. The average molecular weight is 377 g/mol. The normalized spacial score (nSPS) is 14.9. The molecule has 28 heavy (non-hydrogen) atoms. The van der Waals surface area contributed by atoms with E-state index in [0.29, 0.717) is 11.1 Å². The van der Waals surface area contributed by atoms with E-state index in [-0.39, 0.29) is 0 Å². The Morgan fingerprint density at radius 2 is 1.96 bits per heavy atom. The quantitative estimate of drug-likeness (QED) is 0.735. The largest absolute Gasteiger partial charge is 0.417 e. The number of hydrogen-bond donors (Lipinski definition) is 1. The molecule has 7 heteroatoms. The number of nitrogens with one attached hydrogen (secondary N) is 1. The van der Waals surface area contributed by atoms with E-state index >= 15 is 0 Å². The van der Waals surface area contributed by atoms with E-state index in [0.717, 1.165) is 56.2 Å². The number of anilines is 2. The van der Waals surface area contributed by atoms with Crippen molar-refractivity contribution in [2.75, 3.05) is 56.1 Å². The number of H-pyrrole nitrogens is 1. The SMILES string of the molecule is CN(CCN1CCN(c2cccc3[nH]c(=O)oc23)CC1)c1cccc(C#N)c1. The van der Waals surface area contributed by atoms with E-state index in [2.05, 4.69) is 32.8 Å². The Hall–Kier alpha value is -3.24. The highest BCUT2D eigenvalue weighted by atomic mass is 16.4. The summed E-state index contributed by atoms with van der Waals surface area (Å²) in [5.74, 6) is -0.412. The highest BCUT2D eigenvalue weighted by Gasteiger charge is 2.20. The van der Waals surface area contributed by atoms with E-state index in [4.69, 9.17) is 9.68 Å². The van der Waals surface area contributed by atoms with Gasteiger partial charge in [-0.3, -0.25) is 9.88 Å². The number of benzene rings is 2. The molecule has 0 unspecified atom stereocenters. The van der Waals surface area contributed by atoms with Gasteiger partial charge in [-0.2, -0.15) is 5.26 Å². The number of para-hydroxylation sites is 1. The number of likely N-dealkylation sites (N-methyl/N-ethyl adjacent to an activating group) is 1. The highest BCUT2D eigenvalue weighted by molar-refractivity contribution is 5.86. The van der Waals surface area contributed by atoms with Crippen molar-refractivity contribution in [3.05, 3.63) is 58.6 Å². The fourth-order valence-corrected chi connectivity index (χ4v) is 3.65. The number of nitriles is 1. The Morgan fingerprint density at radius 3 is 2.75 bits per heavy atom. The van der Waals surface area contributed by atoms with Gasteiger partial charge in [0.15, 0.2) is 5.58 Å². The van der Waals surface area contributed by atoms with Gasteiger partial charge in [-0.05, 0) is 30.3 Å². The van der Waals surface area contributed by atoms with Crippen molar-refractivity contribution >= 4 is 22.5 Å². The molecule has 1 saturated heterocycles. The van der Waals surface area contributed by atoms with Crippen LogP contribution in [0.1, 0.15) is 5.56 Å². The Balaban J connectivity index is 1.34. The molecule has 1 N–H and O–H groups in total. The van der Waals surface area contributed by atoms with Crippen LogP contribution in [0.15, 0.2) is 51.7 Å². The van der Waals surface area contributed by atoms with Crippen molar-refractivity contribution in [1.29, 1.82) is 5.26 Å². The smallest absolute Gasteiger partial charge is 0.406 e. The van der Waals surface area contributed by atoms with Crippen molar-refractivity contribution in [2.45, 2.75) is 0 Å². The van der Waals surface area contributed by atoms with E-state index in [9.17, 15) is 4.79 Å². The van der Waals surface area contributed by atoms with Gasteiger partial charge in [-0.15, -0.1) is 0 Å². The molecule has 2 heterocycles. The van der Waals surface area contributed by atoms with Gasteiger partial charge in [0, 0.05) is 52.0 Å². The average Bonchev–Trinajstić information content (AvgIpc) is 3.12. The molecular formula is C21H23N5O2. The third-order valence-electron chi connectivity index (χ3n) is 5.31. The van der Waals surface area contributed by atoms with E-state index < -0.39 is 5.76 Å². The molecular weight excluding hydrogens is 354 g/mol. The molecule has 0 bridgehead atoms. The second kappa shape index (κ2) is 7.79. The molecule has 0 saturated carbocycles. The minimum absolute atomic E-state index is 0.412. The fourth-order valence-electron chi connectivity index (χ4n) is 3.65. The molecule has 0 atom stereocenters. The molecule has 1 aromatic heterocycles. The van der Waals surface area contributed by atoms with Crippen LogP contribution in [0, 0.1) is 11.3 Å². The van der Waals surface area contributed by atoms with Crippen LogP contribution in [0.3, 0.4) is 0 Å². The van der Waals surface area contributed by atoms with Crippen LogP contribution in [-0.2, 0) is 0 Å². The summed E-state index contributed by atoms with van der Waals surface area (Å²) < 4.78 is 5.33. The molecule has 4 rings (SSSR count). The minimum Gasteiger partial charge on any atom is -0.406 e. The predicted molar refractivity (Wildman–Crippen MR) is 110 cm³/mol. The molecule has 2 aromatic carbocycles. The van der Waals surface area contributed by atoms with Crippen molar-refractivity contribution in [2.24, 2.45) is 0 Å². The maximum Gasteiger partial charge on any atom is 0.417 e. The van der Waals surface area contributed by atoms with Gasteiger partial charge in [0.25, 0.3) is 0 Å². The van der Waals surface area contributed by atoms with Crippen LogP contribution in [0.4, 0.5) is 11.4 Å². The van der Waals surface area contributed by atoms with Gasteiger partial charge in [0.2, 0.25) is 0 Å². The topological polar surface area (TPSA) is 79.5 Å². The maximum atomic E-state index is 11.5. The van der Waals surface area contributed by atoms with Crippen molar-refractivity contribution in [1.82, 2.24) is 9.88 Å². The molecule has 1 aliphatic heterocycles. The van der Waals surface area contributed by atoms with Crippen LogP contribution in [0.2, 0.25) is 0 Å². The first-order valence-corrected chi connectivity index (χ1v) is 9.44. The molecule has 3 aromatic rings. The van der Waals surface area contributed by atoms with Gasteiger partial charge >= 0.3 is 5.76 Å². The molecule has 144 valence electrons. The van der Waals surface area contributed by atoms with Crippen molar-refractivity contribution in [3.8, 4) is 6.07 Å². The third-order valence-corrected chi connectivity index (χ3v) is 5.31. The first kappa shape index (κ1) is 18.1. The number of hydrogen-bond acceptors (Lipinski definition) is 6. The molecule has 0 radical (unpaired) electrons. The Kier molecular flexibility index (Phi) is 5.04. The summed E-state index contributed by atoms with van der Waals surface area (Å²) in [7, 11) is 2.06. The van der Waals surface area contributed by atoms with Crippen LogP contribution in [0.5, 0.6) is 0 Å². The zero-order valence-corrected chi connectivity index (χ0v) is 15.9. The first-order chi connectivity index (χ1) is 13.6. The Labute approximate surface area is 163 Å². The first-order valence-electron chi connectivity index (χ1n) is 9.44. The monoisotopic (exact) mass is 377 g/mol. The summed E-state index contributed by atoms with van der Waals surface area (Å²) >= 11 is 0. The molecule has 1 fully saturated rings. The fraction of sp³-hybridized carbons (Fsp3) is 0.333. The van der Waals surface area contributed by atoms with E-state index in [1.54, 1.807) is 0 Å². The number of aromatic amines is 1. The summed E-state index contributed by atoms with van der Waals surface area (Å²) in [4.78, 5) is 21.1. The lowest BCUT2D eigenvalue weighted by Crippen LogP contribution is -2.48. The number of rotatable bonds is 5. The molecule has 0 aliphatic carbocycles. The lowest BCUT2D eigenvalue weighted by atomic mass is 10.2. The highest BCUT2D eigenvalue weighted by Crippen LogP contribution is 2.25. The van der Waals surface area contributed by atoms with Crippen LogP contribution in [0.25, 0.3) is 11.1 Å². The van der Waals surface area contributed by atoms with Crippen LogP contribution < -0.4 is 15.6 Å². The number of oxazole rings is 1. The summed E-state index contributed by atoms with van der Waals surface area (Å²) in [5.41, 5.74) is 4.10. The summed E-state index contributed by atoms with van der Waals surface area (Å²) in [6.07, 6.45) is 0. The van der Waals surface area contributed by atoms with E-state index in [1.807, 2.05) is 42.5 Å². The summed E-state index contributed by atoms with van der Waals surface area (Å²) in [5, 5.41) is 9.06. The van der Waals surface area contributed by atoms with Crippen LogP contribution in [-0.4, -0.2) is 56.2 Å². The van der Waals surface area contributed by atoms with E-state index in [1.165, 1.54) is 0 Å². The molecule has 7 nitrogen and oxygen atoms in total. The third kappa shape index (κ3) is 3.73. The van der Waals surface area contributed by atoms with Gasteiger partial charge in [-0.25, -0.2) is 4.79 Å².